The molecule has 3 atom stereocenters. The summed E-state index contributed by atoms with van der Waals surface area (Å²) in [6, 6.07) is 6.89. The molecular weight excluding hydrogens is 258 g/mol. The zero-order valence-corrected chi connectivity index (χ0v) is 11.7. The largest absolute Gasteiger partial charge is 0.345 e. The number of nitro benzene ring substituents is 1. The Morgan fingerprint density at radius 3 is 2.45 bits per heavy atom. The lowest BCUT2D eigenvalue weighted by molar-refractivity contribution is -0.384. The number of hydrogen-bond donors (Lipinski definition) is 0. The highest BCUT2D eigenvalue weighted by Crippen LogP contribution is 2.42. The van der Waals surface area contributed by atoms with E-state index in [1.54, 1.807) is 12.1 Å². The summed E-state index contributed by atoms with van der Waals surface area (Å²) in [6.07, 6.45) is 3.28. The van der Waals surface area contributed by atoms with Gasteiger partial charge >= 0.3 is 0 Å². The molecule has 1 aromatic rings. The summed E-state index contributed by atoms with van der Waals surface area (Å²) in [6.45, 7) is 3.90. The van der Waals surface area contributed by atoms with E-state index in [1.165, 1.54) is 0 Å². The lowest BCUT2D eigenvalue weighted by Crippen LogP contribution is -2.30. The molecule has 0 N–H and O–H groups in total. The molecule has 108 valence electrons. The van der Waals surface area contributed by atoms with Gasteiger partial charge in [-0.2, -0.15) is 0 Å². The van der Waals surface area contributed by atoms with E-state index >= 15 is 0 Å². The van der Waals surface area contributed by atoms with Gasteiger partial charge in [0.15, 0.2) is 5.79 Å². The standard InChI is InChI=1S/C15H19NO4/c1-15(2)19-13-8-5-11(9-14(13)20-15)10-3-6-12(7-4-10)16(17)18/h3-4,6-7,11,13-14H,5,8-9H2,1-2H3/t11?,13?,14-/m0/s1. The van der Waals surface area contributed by atoms with Crippen molar-refractivity contribution in [3.8, 4) is 0 Å². The minimum atomic E-state index is -0.486. The Bertz CT molecular complexity index is 511. The van der Waals surface area contributed by atoms with Crippen LogP contribution in [0.2, 0.25) is 0 Å². The molecule has 1 saturated heterocycles. The normalized spacial score (nSPS) is 31.8. The highest BCUT2D eigenvalue weighted by atomic mass is 16.7. The molecule has 1 aliphatic heterocycles. The number of ether oxygens (including phenoxy) is 2. The van der Waals surface area contributed by atoms with Gasteiger partial charge in [-0.05, 0) is 44.6 Å². The summed E-state index contributed by atoms with van der Waals surface area (Å²) in [5.74, 6) is -0.0887. The van der Waals surface area contributed by atoms with Crippen LogP contribution in [0.5, 0.6) is 0 Å². The fraction of sp³-hybridized carbons (Fsp3) is 0.600. The lowest BCUT2D eigenvalue weighted by Gasteiger charge is -2.29. The third kappa shape index (κ3) is 2.55. The first-order valence-corrected chi connectivity index (χ1v) is 7.04. The van der Waals surface area contributed by atoms with Crippen molar-refractivity contribution < 1.29 is 14.4 Å². The SMILES string of the molecule is CC1(C)OC2CCC(c3ccc([N+](=O)[O-])cc3)C[C@@H]2O1. The predicted octanol–water partition coefficient (Wildman–Crippen LogP) is 3.38. The van der Waals surface area contributed by atoms with Crippen molar-refractivity contribution in [3.05, 3.63) is 39.9 Å². The molecule has 1 saturated carbocycles. The molecule has 1 aromatic carbocycles. The molecule has 5 nitrogen and oxygen atoms in total. The maximum atomic E-state index is 10.7. The second-order valence-corrected chi connectivity index (χ2v) is 6.07. The first-order valence-electron chi connectivity index (χ1n) is 7.04. The van der Waals surface area contributed by atoms with Gasteiger partial charge in [0.25, 0.3) is 5.69 Å². The summed E-state index contributed by atoms with van der Waals surface area (Å²) in [7, 11) is 0. The second kappa shape index (κ2) is 4.82. The number of non-ortho nitro benzene ring substituents is 1. The van der Waals surface area contributed by atoms with Crippen molar-refractivity contribution in [1.82, 2.24) is 0 Å². The molecular formula is C15H19NO4. The Balaban J connectivity index is 1.71. The lowest BCUT2D eigenvalue weighted by atomic mass is 9.81. The molecule has 0 bridgehead atoms. The molecule has 5 heteroatoms. The average molecular weight is 277 g/mol. The fourth-order valence-electron chi connectivity index (χ4n) is 3.29. The molecule has 0 spiro atoms. The zero-order chi connectivity index (χ0) is 14.3. The highest BCUT2D eigenvalue weighted by molar-refractivity contribution is 5.34. The molecule has 1 aliphatic carbocycles. The first-order chi connectivity index (χ1) is 9.44. The summed E-state index contributed by atoms with van der Waals surface area (Å²) >= 11 is 0. The number of nitro groups is 1. The van der Waals surface area contributed by atoms with Gasteiger partial charge in [-0.15, -0.1) is 0 Å². The van der Waals surface area contributed by atoms with Gasteiger partial charge in [0.2, 0.25) is 0 Å². The monoisotopic (exact) mass is 277 g/mol. The van der Waals surface area contributed by atoms with Crippen LogP contribution in [0.4, 0.5) is 5.69 Å². The molecule has 2 unspecified atom stereocenters. The van der Waals surface area contributed by atoms with Crippen LogP contribution >= 0.6 is 0 Å². The summed E-state index contributed by atoms with van der Waals surface area (Å²) in [5.41, 5.74) is 1.30. The molecule has 0 amide bonds. The van der Waals surface area contributed by atoms with Crippen LogP contribution in [-0.4, -0.2) is 22.9 Å². The van der Waals surface area contributed by atoms with E-state index in [2.05, 4.69) is 0 Å². The van der Waals surface area contributed by atoms with Crippen LogP contribution in [0.25, 0.3) is 0 Å². The Hall–Kier alpha value is -1.46. The molecule has 1 heterocycles. The van der Waals surface area contributed by atoms with E-state index < -0.39 is 5.79 Å². The van der Waals surface area contributed by atoms with Crippen molar-refractivity contribution in [1.29, 1.82) is 0 Å². The van der Waals surface area contributed by atoms with Gasteiger partial charge in [0, 0.05) is 12.1 Å². The molecule has 3 rings (SSSR count). The highest BCUT2D eigenvalue weighted by Gasteiger charge is 2.44. The van der Waals surface area contributed by atoms with Gasteiger partial charge in [-0.3, -0.25) is 10.1 Å². The minimum absolute atomic E-state index is 0.138. The number of rotatable bonds is 2. The van der Waals surface area contributed by atoms with E-state index in [0.717, 1.165) is 24.8 Å². The zero-order valence-electron chi connectivity index (χ0n) is 11.7. The van der Waals surface area contributed by atoms with Crippen molar-refractivity contribution in [2.75, 3.05) is 0 Å². The van der Waals surface area contributed by atoms with Gasteiger partial charge in [0.1, 0.15) is 0 Å². The minimum Gasteiger partial charge on any atom is -0.345 e. The first kappa shape index (κ1) is 13.5. The number of fused-ring (bicyclic) bond motifs is 1. The van der Waals surface area contributed by atoms with Gasteiger partial charge in [0.05, 0.1) is 17.1 Å². The number of hydrogen-bond acceptors (Lipinski definition) is 4. The number of benzene rings is 1. The van der Waals surface area contributed by atoms with Gasteiger partial charge in [-0.1, -0.05) is 12.1 Å². The molecule has 2 aliphatic rings. The third-order valence-electron chi connectivity index (χ3n) is 4.18. The fourth-order valence-corrected chi connectivity index (χ4v) is 3.29. The van der Waals surface area contributed by atoms with Crippen LogP contribution in [-0.2, 0) is 9.47 Å². The molecule has 20 heavy (non-hydrogen) atoms. The van der Waals surface area contributed by atoms with Crippen molar-refractivity contribution in [2.24, 2.45) is 0 Å². The van der Waals surface area contributed by atoms with Crippen molar-refractivity contribution in [3.63, 3.8) is 0 Å². The smallest absolute Gasteiger partial charge is 0.269 e. The Morgan fingerprint density at radius 1 is 1.15 bits per heavy atom. The summed E-state index contributed by atoms with van der Waals surface area (Å²) < 4.78 is 11.8. The Morgan fingerprint density at radius 2 is 1.80 bits per heavy atom. The van der Waals surface area contributed by atoms with E-state index in [4.69, 9.17) is 9.47 Å². The average Bonchev–Trinajstić information content (AvgIpc) is 2.71. The Kier molecular flexibility index (Phi) is 3.26. The maximum absolute atomic E-state index is 10.7. The van der Waals surface area contributed by atoms with Gasteiger partial charge < -0.3 is 9.47 Å². The van der Waals surface area contributed by atoms with Crippen molar-refractivity contribution in [2.45, 2.75) is 57.0 Å². The van der Waals surface area contributed by atoms with Crippen LogP contribution < -0.4 is 0 Å². The van der Waals surface area contributed by atoms with Gasteiger partial charge in [-0.25, -0.2) is 0 Å². The molecule has 0 radical (unpaired) electrons. The summed E-state index contributed by atoms with van der Waals surface area (Å²) in [5, 5.41) is 10.7. The quantitative estimate of drug-likeness (QED) is 0.614. The van der Waals surface area contributed by atoms with E-state index in [-0.39, 0.29) is 22.8 Å². The van der Waals surface area contributed by atoms with Crippen LogP contribution in [0, 0.1) is 10.1 Å². The van der Waals surface area contributed by atoms with Crippen LogP contribution in [0.15, 0.2) is 24.3 Å². The van der Waals surface area contributed by atoms with Crippen LogP contribution in [0.3, 0.4) is 0 Å². The molecule has 2 fully saturated rings. The second-order valence-electron chi connectivity index (χ2n) is 6.07. The maximum Gasteiger partial charge on any atom is 0.269 e. The van der Waals surface area contributed by atoms with E-state index in [0.29, 0.717) is 5.92 Å². The van der Waals surface area contributed by atoms with E-state index in [9.17, 15) is 10.1 Å². The third-order valence-corrected chi connectivity index (χ3v) is 4.18. The van der Waals surface area contributed by atoms with E-state index in [1.807, 2.05) is 26.0 Å². The predicted molar refractivity (Wildman–Crippen MR) is 73.5 cm³/mol. The summed E-state index contributed by atoms with van der Waals surface area (Å²) in [4.78, 5) is 10.3. The molecule has 0 aromatic heterocycles. The Labute approximate surface area is 118 Å². The van der Waals surface area contributed by atoms with Crippen molar-refractivity contribution >= 4 is 5.69 Å². The number of nitrogens with zero attached hydrogens (tertiary/aromatic N) is 1. The van der Waals surface area contributed by atoms with Crippen LogP contribution in [0.1, 0.15) is 44.6 Å². The topological polar surface area (TPSA) is 61.6 Å².